The molecule has 0 saturated carbocycles. The first-order valence-corrected chi connectivity index (χ1v) is 9.08. The van der Waals surface area contributed by atoms with Gasteiger partial charge in [-0.05, 0) is 56.4 Å². The van der Waals surface area contributed by atoms with E-state index in [2.05, 4.69) is 0 Å². The van der Waals surface area contributed by atoms with E-state index in [1.165, 1.54) is 6.92 Å². The number of rotatable bonds is 6. The van der Waals surface area contributed by atoms with Crippen LogP contribution in [0.15, 0.2) is 29.3 Å². The second-order valence-corrected chi connectivity index (χ2v) is 7.65. The van der Waals surface area contributed by atoms with Crippen LogP contribution in [0.1, 0.15) is 45.6 Å². The van der Waals surface area contributed by atoms with Gasteiger partial charge in [0, 0.05) is 12.0 Å². The van der Waals surface area contributed by atoms with E-state index in [4.69, 9.17) is 9.47 Å². The first-order chi connectivity index (χ1) is 12.6. The lowest BCUT2D eigenvalue weighted by atomic mass is 9.62. The van der Waals surface area contributed by atoms with Gasteiger partial charge < -0.3 is 24.8 Å². The lowest BCUT2D eigenvalue weighted by Gasteiger charge is -2.45. The quantitative estimate of drug-likeness (QED) is 0.659. The third kappa shape index (κ3) is 3.69. The first kappa shape index (κ1) is 21.3. The number of carboxylic acids is 1. The monoisotopic (exact) mass is 378 g/mol. The van der Waals surface area contributed by atoms with Crippen LogP contribution in [0.3, 0.4) is 0 Å². The van der Waals surface area contributed by atoms with E-state index in [9.17, 15) is 20.1 Å². The van der Waals surface area contributed by atoms with Gasteiger partial charge in [-0.3, -0.25) is 4.79 Å². The number of aliphatic carboxylic acids is 1. The number of benzene rings is 1. The fourth-order valence-corrected chi connectivity index (χ4v) is 3.98. The Morgan fingerprint density at radius 3 is 2.11 bits per heavy atom. The van der Waals surface area contributed by atoms with Crippen LogP contribution in [0.4, 0.5) is 0 Å². The molecule has 0 saturated heterocycles. The highest BCUT2D eigenvalue weighted by molar-refractivity contribution is 5.79. The van der Waals surface area contributed by atoms with Crippen LogP contribution in [0, 0.1) is 11.3 Å². The molecule has 150 valence electrons. The predicted molar refractivity (Wildman–Crippen MR) is 102 cm³/mol. The Labute approximate surface area is 160 Å². The van der Waals surface area contributed by atoms with Crippen LogP contribution in [0.5, 0.6) is 11.5 Å². The Kier molecular flexibility index (Phi) is 6.22. The summed E-state index contributed by atoms with van der Waals surface area (Å²) in [6.07, 6.45) is -1.65. The minimum Gasteiger partial charge on any atom is -0.497 e. The Morgan fingerprint density at radius 2 is 1.67 bits per heavy atom. The summed E-state index contributed by atoms with van der Waals surface area (Å²) >= 11 is 0. The van der Waals surface area contributed by atoms with Gasteiger partial charge in [0.1, 0.15) is 16.9 Å². The summed E-state index contributed by atoms with van der Waals surface area (Å²) in [5, 5.41) is 31.4. The number of ether oxygens (including phenoxy) is 2. The topological polar surface area (TPSA) is 96.2 Å². The zero-order chi connectivity index (χ0) is 20.5. The summed E-state index contributed by atoms with van der Waals surface area (Å²) in [4.78, 5) is 11.9. The van der Waals surface area contributed by atoms with E-state index in [0.29, 0.717) is 29.1 Å². The standard InChI is InChI=1S/C21H30O6/c1-11(14-8-15(26-5)10-16(9-14)27-6)7-17-18(22)12(2)13(3)21(4,19(17)23)20(24)25/h8-11,17-19,22-23H,7H2,1-6H3,(H,24,25). The molecule has 5 atom stereocenters. The summed E-state index contributed by atoms with van der Waals surface area (Å²) in [5.74, 6) is -0.416. The van der Waals surface area contributed by atoms with Gasteiger partial charge in [-0.2, -0.15) is 0 Å². The van der Waals surface area contributed by atoms with Crippen molar-refractivity contribution in [1.82, 2.24) is 0 Å². The van der Waals surface area contributed by atoms with Crippen molar-refractivity contribution in [2.45, 2.75) is 52.2 Å². The van der Waals surface area contributed by atoms with Crippen molar-refractivity contribution in [2.75, 3.05) is 14.2 Å². The Bertz CT molecular complexity index is 718. The maximum atomic E-state index is 11.9. The van der Waals surface area contributed by atoms with E-state index in [1.807, 2.05) is 19.1 Å². The Morgan fingerprint density at radius 1 is 1.15 bits per heavy atom. The molecule has 1 aliphatic rings. The van der Waals surface area contributed by atoms with E-state index in [-0.39, 0.29) is 5.92 Å². The largest absolute Gasteiger partial charge is 0.497 e. The van der Waals surface area contributed by atoms with Crippen LogP contribution >= 0.6 is 0 Å². The van der Waals surface area contributed by atoms with Crippen LogP contribution in [-0.2, 0) is 4.79 Å². The van der Waals surface area contributed by atoms with Gasteiger partial charge in [-0.1, -0.05) is 12.5 Å². The molecule has 0 bridgehead atoms. The summed E-state index contributed by atoms with van der Waals surface area (Å²) in [5.41, 5.74) is 0.652. The number of carboxylic acid groups (broad SMARTS) is 1. The van der Waals surface area contributed by atoms with Gasteiger partial charge in [0.15, 0.2) is 0 Å². The maximum absolute atomic E-state index is 11.9. The van der Waals surface area contributed by atoms with Crippen molar-refractivity contribution in [1.29, 1.82) is 0 Å². The molecule has 6 heteroatoms. The zero-order valence-electron chi connectivity index (χ0n) is 16.8. The van der Waals surface area contributed by atoms with Crippen LogP contribution in [0.2, 0.25) is 0 Å². The van der Waals surface area contributed by atoms with E-state index < -0.39 is 29.5 Å². The van der Waals surface area contributed by atoms with E-state index in [0.717, 1.165) is 5.56 Å². The molecule has 0 amide bonds. The molecule has 0 aromatic heterocycles. The normalized spacial score (nSPS) is 29.4. The molecule has 1 aliphatic carbocycles. The second kappa shape index (κ2) is 7.90. The number of hydrogen-bond acceptors (Lipinski definition) is 5. The second-order valence-electron chi connectivity index (χ2n) is 7.65. The first-order valence-electron chi connectivity index (χ1n) is 9.08. The molecule has 1 aromatic carbocycles. The van der Waals surface area contributed by atoms with E-state index >= 15 is 0 Å². The average Bonchev–Trinajstić information content (AvgIpc) is 2.67. The molecule has 0 fully saturated rings. The number of carbonyl (C=O) groups is 1. The van der Waals surface area contributed by atoms with Crippen molar-refractivity contribution < 1.29 is 29.6 Å². The number of aliphatic hydroxyl groups is 2. The van der Waals surface area contributed by atoms with Gasteiger partial charge in [-0.15, -0.1) is 0 Å². The molecule has 0 spiro atoms. The Balaban J connectivity index is 2.37. The Hall–Kier alpha value is -2.05. The minimum absolute atomic E-state index is 0.0486. The lowest BCUT2D eigenvalue weighted by Crippen LogP contribution is -2.53. The van der Waals surface area contributed by atoms with Gasteiger partial charge in [-0.25, -0.2) is 0 Å². The number of hydrogen-bond donors (Lipinski definition) is 3. The molecular weight excluding hydrogens is 348 g/mol. The molecule has 1 aromatic rings. The SMILES string of the molecule is COc1cc(OC)cc(C(C)CC2C(O)C(C)=C(C)C(C)(C(=O)O)C2O)c1. The fraction of sp³-hybridized carbons (Fsp3) is 0.571. The van der Waals surface area contributed by atoms with Gasteiger partial charge in [0.2, 0.25) is 0 Å². The molecule has 2 rings (SSSR count). The summed E-state index contributed by atoms with van der Waals surface area (Å²) in [6.45, 7) is 6.91. The van der Waals surface area contributed by atoms with Crippen LogP contribution < -0.4 is 9.47 Å². The average molecular weight is 378 g/mol. The fourth-order valence-electron chi connectivity index (χ4n) is 3.98. The van der Waals surface area contributed by atoms with Crippen molar-refractivity contribution in [3.05, 3.63) is 34.9 Å². The van der Waals surface area contributed by atoms with Crippen molar-refractivity contribution in [3.63, 3.8) is 0 Å². The molecule has 5 unspecified atom stereocenters. The summed E-state index contributed by atoms with van der Waals surface area (Å²) in [7, 11) is 3.15. The third-order valence-corrected chi connectivity index (χ3v) is 6.23. The molecule has 0 heterocycles. The van der Waals surface area contributed by atoms with Gasteiger partial charge >= 0.3 is 5.97 Å². The zero-order valence-corrected chi connectivity index (χ0v) is 16.8. The molecule has 0 radical (unpaired) electrons. The maximum Gasteiger partial charge on any atom is 0.316 e. The molecule has 27 heavy (non-hydrogen) atoms. The molecule has 0 aliphatic heterocycles. The van der Waals surface area contributed by atoms with Gasteiger partial charge in [0.25, 0.3) is 0 Å². The van der Waals surface area contributed by atoms with Gasteiger partial charge in [0.05, 0.1) is 26.4 Å². The predicted octanol–water partition coefficient (Wildman–Crippen LogP) is 2.98. The summed E-state index contributed by atoms with van der Waals surface area (Å²) < 4.78 is 10.6. The molecule has 6 nitrogen and oxygen atoms in total. The van der Waals surface area contributed by atoms with Crippen molar-refractivity contribution >= 4 is 5.97 Å². The number of aliphatic hydroxyl groups excluding tert-OH is 2. The highest BCUT2D eigenvalue weighted by Crippen LogP contribution is 2.46. The molecular formula is C21H30O6. The van der Waals surface area contributed by atoms with Crippen LogP contribution in [0.25, 0.3) is 0 Å². The highest BCUT2D eigenvalue weighted by atomic mass is 16.5. The van der Waals surface area contributed by atoms with E-state index in [1.54, 1.807) is 34.1 Å². The number of methoxy groups -OCH3 is 2. The minimum atomic E-state index is -1.42. The van der Waals surface area contributed by atoms with Crippen molar-refractivity contribution in [3.8, 4) is 11.5 Å². The molecule has 3 N–H and O–H groups in total. The van der Waals surface area contributed by atoms with Crippen molar-refractivity contribution in [2.24, 2.45) is 11.3 Å². The lowest BCUT2D eigenvalue weighted by molar-refractivity contribution is -0.157. The third-order valence-electron chi connectivity index (χ3n) is 6.23. The smallest absolute Gasteiger partial charge is 0.316 e. The summed E-state index contributed by atoms with van der Waals surface area (Å²) in [6, 6.07) is 5.55. The highest BCUT2D eigenvalue weighted by Gasteiger charge is 2.52. The van der Waals surface area contributed by atoms with Crippen LogP contribution in [-0.4, -0.2) is 47.7 Å².